The molecule has 2 amide bonds. The lowest BCUT2D eigenvalue weighted by atomic mass is 9.83. The van der Waals surface area contributed by atoms with Crippen LogP contribution in [0.15, 0.2) is 30.3 Å². The van der Waals surface area contributed by atoms with Gasteiger partial charge in [0.05, 0.1) is 18.2 Å². The Labute approximate surface area is 228 Å². The lowest BCUT2D eigenvalue weighted by Gasteiger charge is -2.30. The van der Waals surface area contributed by atoms with E-state index in [9.17, 15) is 24.3 Å². The molecule has 0 spiro atoms. The number of carbonyl (C=O) groups is 4. The number of hydrogen-bond donors (Lipinski definition) is 4. The summed E-state index contributed by atoms with van der Waals surface area (Å²) in [6.07, 6.45) is 2.27. The average molecular weight is 533 g/mol. The zero-order valence-electron chi connectivity index (χ0n) is 23.7. The largest absolute Gasteiger partial charge is 0.391 e. The maximum atomic E-state index is 13.3. The molecule has 214 valence electrons. The number of rotatable bonds is 19. The van der Waals surface area contributed by atoms with Crippen molar-refractivity contribution in [3.05, 3.63) is 35.9 Å². The van der Waals surface area contributed by atoms with Crippen molar-refractivity contribution in [2.24, 2.45) is 17.8 Å². The Bertz CT molecular complexity index is 873. The van der Waals surface area contributed by atoms with Crippen molar-refractivity contribution in [2.45, 2.75) is 104 Å². The first kappa shape index (κ1) is 33.4. The lowest BCUT2D eigenvalue weighted by molar-refractivity contribution is -0.129. The summed E-state index contributed by atoms with van der Waals surface area (Å²) in [6.45, 7) is 8.96. The molecule has 1 unspecified atom stereocenters. The Morgan fingerprint density at radius 1 is 0.947 bits per heavy atom. The van der Waals surface area contributed by atoms with Crippen LogP contribution < -0.4 is 10.6 Å². The van der Waals surface area contributed by atoms with E-state index >= 15 is 0 Å². The van der Waals surface area contributed by atoms with Gasteiger partial charge < -0.3 is 20.8 Å². The van der Waals surface area contributed by atoms with Crippen LogP contribution in [0.2, 0.25) is 0 Å². The minimum atomic E-state index is -0.916. The molecule has 8 heteroatoms. The molecule has 0 fully saturated rings. The van der Waals surface area contributed by atoms with Gasteiger partial charge in [-0.3, -0.25) is 19.2 Å². The van der Waals surface area contributed by atoms with Crippen LogP contribution >= 0.6 is 0 Å². The van der Waals surface area contributed by atoms with Crippen molar-refractivity contribution in [3.8, 4) is 0 Å². The summed E-state index contributed by atoms with van der Waals surface area (Å²) in [4.78, 5) is 49.1. The summed E-state index contributed by atoms with van der Waals surface area (Å²) in [6, 6.07) is 8.34. The van der Waals surface area contributed by atoms with Gasteiger partial charge in [0.2, 0.25) is 11.8 Å². The standard InChI is InChI=1S/C30H48N2O6/c1-6-21(4)30(31-22(5)34)28(37)18-24(13-12-20(2)3)17-27(36)26(16-23-10-8-7-9-11-23)32-29(38)15-14-25(35)19-33/h7-11,20-21,24,26-27,30,33,36H,6,12-19H2,1-5H3,(H,31,34)(H,32,38)/t21?,24-,26-,27-,30-/m0/s1. The summed E-state index contributed by atoms with van der Waals surface area (Å²) < 4.78 is 0. The second-order valence-corrected chi connectivity index (χ2v) is 10.9. The smallest absolute Gasteiger partial charge is 0.220 e. The highest BCUT2D eigenvalue weighted by molar-refractivity contribution is 5.89. The van der Waals surface area contributed by atoms with Crippen molar-refractivity contribution >= 4 is 23.4 Å². The Kier molecular flexibility index (Phi) is 15.7. The first-order valence-corrected chi connectivity index (χ1v) is 13.9. The zero-order valence-corrected chi connectivity index (χ0v) is 23.7. The van der Waals surface area contributed by atoms with E-state index in [1.54, 1.807) is 0 Å². The second kappa shape index (κ2) is 17.8. The van der Waals surface area contributed by atoms with Crippen molar-refractivity contribution in [2.75, 3.05) is 6.61 Å². The number of Topliss-reactive ketones (excluding diaryl/α,β-unsaturated/α-hetero) is 2. The third-order valence-corrected chi connectivity index (χ3v) is 7.05. The van der Waals surface area contributed by atoms with Crippen LogP contribution in [0.25, 0.3) is 0 Å². The Morgan fingerprint density at radius 3 is 2.16 bits per heavy atom. The molecule has 0 aromatic heterocycles. The van der Waals surface area contributed by atoms with E-state index in [1.165, 1.54) is 6.92 Å². The van der Waals surface area contributed by atoms with E-state index in [1.807, 2.05) is 44.2 Å². The Morgan fingerprint density at radius 2 is 1.61 bits per heavy atom. The molecule has 4 N–H and O–H groups in total. The molecular formula is C30H48N2O6. The fourth-order valence-corrected chi connectivity index (χ4v) is 4.55. The van der Waals surface area contributed by atoms with Crippen LogP contribution in [0.4, 0.5) is 0 Å². The molecule has 8 nitrogen and oxygen atoms in total. The lowest BCUT2D eigenvalue weighted by Crippen LogP contribution is -2.47. The predicted molar refractivity (Wildman–Crippen MR) is 148 cm³/mol. The van der Waals surface area contributed by atoms with Gasteiger partial charge >= 0.3 is 0 Å². The third-order valence-electron chi connectivity index (χ3n) is 7.05. The first-order valence-electron chi connectivity index (χ1n) is 13.9. The van der Waals surface area contributed by atoms with E-state index in [0.717, 1.165) is 24.8 Å². The number of aliphatic hydroxyl groups is 2. The molecule has 38 heavy (non-hydrogen) atoms. The van der Waals surface area contributed by atoms with Crippen molar-refractivity contribution in [1.82, 2.24) is 10.6 Å². The van der Waals surface area contributed by atoms with Crippen LogP contribution in [-0.4, -0.2) is 58.4 Å². The van der Waals surface area contributed by atoms with Crippen LogP contribution in [0.1, 0.15) is 85.1 Å². The molecule has 1 rings (SSSR count). The fourth-order valence-electron chi connectivity index (χ4n) is 4.55. The topological polar surface area (TPSA) is 133 Å². The van der Waals surface area contributed by atoms with Gasteiger partial charge in [0, 0.05) is 26.2 Å². The molecule has 0 saturated carbocycles. The SMILES string of the molecule is CCC(C)[C@H](NC(C)=O)C(=O)C[C@@H](CCC(C)C)C[C@H](O)[C@H](Cc1ccccc1)NC(=O)CCC(=O)CO. The molecule has 0 aliphatic carbocycles. The van der Waals surface area contributed by atoms with E-state index < -0.39 is 30.6 Å². The maximum Gasteiger partial charge on any atom is 0.220 e. The number of benzene rings is 1. The predicted octanol–water partition coefficient (Wildman–Crippen LogP) is 3.37. The van der Waals surface area contributed by atoms with Crippen LogP contribution in [0, 0.1) is 17.8 Å². The normalized spacial score (nSPS) is 15.3. The van der Waals surface area contributed by atoms with Crippen LogP contribution in [0.3, 0.4) is 0 Å². The van der Waals surface area contributed by atoms with E-state index in [2.05, 4.69) is 24.5 Å². The number of nitrogens with one attached hydrogen (secondary N) is 2. The highest BCUT2D eigenvalue weighted by atomic mass is 16.3. The summed E-state index contributed by atoms with van der Waals surface area (Å²) in [5.41, 5.74) is 0.945. The highest BCUT2D eigenvalue weighted by Crippen LogP contribution is 2.25. The van der Waals surface area contributed by atoms with Crippen LogP contribution in [-0.2, 0) is 25.6 Å². The minimum Gasteiger partial charge on any atom is -0.391 e. The Balaban J connectivity index is 3.07. The van der Waals surface area contributed by atoms with Gasteiger partial charge in [-0.1, -0.05) is 70.9 Å². The molecule has 0 radical (unpaired) electrons. The third kappa shape index (κ3) is 13.3. The van der Waals surface area contributed by atoms with Gasteiger partial charge in [-0.25, -0.2) is 0 Å². The molecule has 0 saturated heterocycles. The number of hydrogen-bond acceptors (Lipinski definition) is 6. The van der Waals surface area contributed by atoms with Crippen molar-refractivity contribution < 1.29 is 29.4 Å². The fraction of sp³-hybridized carbons (Fsp3) is 0.667. The molecule has 0 heterocycles. The van der Waals surface area contributed by atoms with Gasteiger partial charge in [-0.2, -0.15) is 0 Å². The monoisotopic (exact) mass is 532 g/mol. The summed E-state index contributed by atoms with van der Waals surface area (Å²) in [7, 11) is 0. The first-order chi connectivity index (χ1) is 18.0. The number of carbonyl (C=O) groups excluding carboxylic acids is 4. The van der Waals surface area contributed by atoms with E-state index in [4.69, 9.17) is 5.11 Å². The average Bonchev–Trinajstić information content (AvgIpc) is 2.88. The second-order valence-electron chi connectivity index (χ2n) is 10.9. The molecule has 5 atom stereocenters. The number of ketones is 2. The molecule has 0 aliphatic rings. The molecule has 0 aliphatic heterocycles. The minimum absolute atomic E-state index is 0.00572. The number of aliphatic hydroxyl groups excluding tert-OH is 2. The highest BCUT2D eigenvalue weighted by Gasteiger charge is 2.30. The van der Waals surface area contributed by atoms with Gasteiger partial charge in [0.15, 0.2) is 11.6 Å². The zero-order chi connectivity index (χ0) is 28.7. The summed E-state index contributed by atoms with van der Waals surface area (Å²) >= 11 is 0. The Hall–Kier alpha value is -2.58. The van der Waals surface area contributed by atoms with Gasteiger partial charge in [0.1, 0.15) is 6.61 Å². The molecule has 0 bridgehead atoms. The van der Waals surface area contributed by atoms with Gasteiger partial charge in [0.25, 0.3) is 0 Å². The maximum absolute atomic E-state index is 13.3. The van der Waals surface area contributed by atoms with E-state index in [-0.39, 0.29) is 48.7 Å². The van der Waals surface area contributed by atoms with Crippen LogP contribution in [0.5, 0.6) is 0 Å². The van der Waals surface area contributed by atoms with Gasteiger partial charge in [-0.15, -0.1) is 0 Å². The molecular weight excluding hydrogens is 484 g/mol. The quantitative estimate of drug-likeness (QED) is 0.216. The molecule has 1 aromatic rings. The van der Waals surface area contributed by atoms with Gasteiger partial charge in [-0.05, 0) is 42.6 Å². The number of amides is 2. The van der Waals surface area contributed by atoms with Crippen molar-refractivity contribution in [3.63, 3.8) is 0 Å². The molecule has 1 aromatic carbocycles. The van der Waals surface area contributed by atoms with E-state index in [0.29, 0.717) is 18.8 Å². The summed E-state index contributed by atoms with van der Waals surface area (Å²) in [5.74, 6) is -0.768. The summed E-state index contributed by atoms with van der Waals surface area (Å²) in [5, 5.41) is 26.0. The van der Waals surface area contributed by atoms with Crippen molar-refractivity contribution in [1.29, 1.82) is 0 Å².